The zero-order valence-corrected chi connectivity index (χ0v) is 18.4. The second-order valence-corrected chi connectivity index (χ2v) is 9.17. The van der Waals surface area contributed by atoms with Crippen LogP contribution in [0.25, 0.3) is 11.3 Å². The average Bonchev–Trinajstić information content (AvgIpc) is 3.38. The van der Waals surface area contributed by atoms with Crippen molar-refractivity contribution >= 4 is 11.8 Å². The topological polar surface area (TPSA) is 118 Å². The fraction of sp³-hybridized carbons (Fsp3) is 0.650. The monoisotopic (exact) mass is 417 g/mol. The minimum atomic E-state index is -0.731. The summed E-state index contributed by atoms with van der Waals surface area (Å²) in [7, 11) is 1.53. The molecule has 1 fully saturated rings. The Balaban J connectivity index is 1.92. The maximum Gasteiger partial charge on any atom is 0.248 e. The van der Waals surface area contributed by atoms with Gasteiger partial charge in [-0.2, -0.15) is 5.10 Å². The Bertz CT molecular complexity index is 912. The minimum absolute atomic E-state index is 0.117. The van der Waals surface area contributed by atoms with Gasteiger partial charge >= 0.3 is 0 Å². The Morgan fingerprint density at radius 2 is 1.93 bits per heavy atom. The molecule has 10 nitrogen and oxygen atoms in total. The highest BCUT2D eigenvalue weighted by molar-refractivity contribution is 5.90. The molecule has 2 aromatic rings. The highest BCUT2D eigenvalue weighted by Gasteiger charge is 2.45. The van der Waals surface area contributed by atoms with Crippen LogP contribution in [0.3, 0.4) is 0 Å². The van der Waals surface area contributed by atoms with E-state index in [0.717, 1.165) is 5.56 Å². The molecule has 0 radical (unpaired) electrons. The summed E-state index contributed by atoms with van der Waals surface area (Å²) in [4.78, 5) is 27.3. The molecule has 0 spiro atoms. The fourth-order valence-electron chi connectivity index (χ4n) is 3.80. The van der Waals surface area contributed by atoms with E-state index < -0.39 is 23.6 Å². The van der Waals surface area contributed by atoms with Crippen LogP contribution >= 0.6 is 0 Å². The summed E-state index contributed by atoms with van der Waals surface area (Å²) in [5.41, 5.74) is 0.938. The number of aliphatic hydroxyl groups excluding tert-OH is 1. The first-order chi connectivity index (χ1) is 14.0. The number of nitrogens with zero attached hydrogens (tertiary/aromatic N) is 6. The summed E-state index contributed by atoms with van der Waals surface area (Å²) < 4.78 is 3.39. The molecule has 0 unspecified atom stereocenters. The highest BCUT2D eigenvalue weighted by atomic mass is 16.3. The molecule has 1 aliphatic heterocycles. The van der Waals surface area contributed by atoms with Crippen molar-refractivity contribution in [3.8, 4) is 11.3 Å². The molecule has 1 saturated heterocycles. The Labute approximate surface area is 176 Å². The first-order valence-corrected chi connectivity index (χ1v) is 10.2. The molecule has 0 aromatic carbocycles. The molecule has 0 bridgehead atoms. The number of nitrogens with one attached hydrogen (secondary N) is 1. The first-order valence-electron chi connectivity index (χ1n) is 10.2. The predicted octanol–water partition coefficient (Wildman–Crippen LogP) is 1.02. The molecule has 0 aliphatic carbocycles. The summed E-state index contributed by atoms with van der Waals surface area (Å²) in [6.07, 6.45) is 4.84. The van der Waals surface area contributed by atoms with Gasteiger partial charge < -0.3 is 15.3 Å². The van der Waals surface area contributed by atoms with E-state index in [1.54, 1.807) is 17.1 Å². The zero-order chi connectivity index (χ0) is 22.2. The molecule has 3 atom stereocenters. The number of amides is 2. The third-order valence-electron chi connectivity index (χ3n) is 5.37. The van der Waals surface area contributed by atoms with Gasteiger partial charge in [-0.3, -0.25) is 14.3 Å². The Morgan fingerprint density at radius 3 is 2.50 bits per heavy atom. The van der Waals surface area contributed by atoms with Crippen LogP contribution in [0.4, 0.5) is 0 Å². The standard InChI is InChI=1S/C20H31N7O3/c1-12(2)26-9-13(8-22-26)15-11-27(24-23-15)17(20(3,4)5)19(30)25-10-14(28)7-16(25)18(29)21-6/h8-9,11-12,14,16-17,28H,7,10H2,1-6H3,(H,21,29)/t14-,16+,17-/m1/s1. The Hall–Kier alpha value is -2.75. The number of carbonyl (C=O) groups excluding carboxylic acids is 2. The van der Waals surface area contributed by atoms with Gasteiger partial charge in [0.2, 0.25) is 11.8 Å². The molecule has 164 valence electrons. The summed E-state index contributed by atoms with van der Waals surface area (Å²) in [5, 5.41) is 25.5. The maximum absolute atomic E-state index is 13.5. The molecule has 1 aliphatic rings. The van der Waals surface area contributed by atoms with Crippen molar-refractivity contribution in [2.24, 2.45) is 5.41 Å². The lowest BCUT2D eigenvalue weighted by Crippen LogP contribution is -2.49. The number of rotatable bonds is 5. The minimum Gasteiger partial charge on any atom is -0.391 e. The summed E-state index contributed by atoms with van der Waals surface area (Å²) in [6.45, 7) is 10.0. The zero-order valence-electron chi connectivity index (χ0n) is 18.4. The quantitative estimate of drug-likeness (QED) is 0.750. The van der Waals surface area contributed by atoms with Crippen LogP contribution in [0.15, 0.2) is 18.6 Å². The van der Waals surface area contributed by atoms with Crippen molar-refractivity contribution < 1.29 is 14.7 Å². The molecule has 30 heavy (non-hydrogen) atoms. The molecule has 3 rings (SSSR count). The van der Waals surface area contributed by atoms with Crippen LogP contribution in [0.2, 0.25) is 0 Å². The number of aliphatic hydroxyl groups is 1. The van der Waals surface area contributed by atoms with Crippen molar-refractivity contribution in [3.63, 3.8) is 0 Å². The molecular weight excluding hydrogens is 386 g/mol. The van der Waals surface area contributed by atoms with E-state index in [4.69, 9.17) is 0 Å². The van der Waals surface area contributed by atoms with E-state index in [-0.39, 0.29) is 30.8 Å². The van der Waals surface area contributed by atoms with E-state index in [1.807, 2.05) is 45.5 Å². The van der Waals surface area contributed by atoms with E-state index in [0.29, 0.717) is 5.69 Å². The molecule has 10 heteroatoms. The molecule has 2 aromatic heterocycles. The number of carbonyl (C=O) groups is 2. The molecule has 2 amide bonds. The van der Waals surface area contributed by atoms with Crippen LogP contribution in [0.1, 0.15) is 53.1 Å². The third-order valence-corrected chi connectivity index (χ3v) is 5.37. The largest absolute Gasteiger partial charge is 0.391 e. The van der Waals surface area contributed by atoms with Gasteiger partial charge in [0, 0.05) is 37.8 Å². The van der Waals surface area contributed by atoms with E-state index in [2.05, 4.69) is 20.7 Å². The normalized spacial score (nSPS) is 20.6. The average molecular weight is 418 g/mol. The number of β-amino-alcohol motifs (C(OH)–C–C–N with tert-alkyl or cyclic N) is 1. The Kier molecular flexibility index (Phi) is 5.98. The summed E-state index contributed by atoms with van der Waals surface area (Å²) in [5.74, 6) is -0.546. The molecule has 0 saturated carbocycles. The van der Waals surface area contributed by atoms with Gasteiger partial charge in [-0.15, -0.1) is 5.10 Å². The fourth-order valence-corrected chi connectivity index (χ4v) is 3.80. The van der Waals surface area contributed by atoms with Gasteiger partial charge in [0.1, 0.15) is 17.8 Å². The highest BCUT2D eigenvalue weighted by Crippen LogP contribution is 2.35. The van der Waals surface area contributed by atoms with Gasteiger partial charge in [0.15, 0.2) is 0 Å². The molecule has 2 N–H and O–H groups in total. The smallest absolute Gasteiger partial charge is 0.248 e. The first kappa shape index (κ1) is 21.9. The van der Waals surface area contributed by atoms with Gasteiger partial charge in [-0.05, 0) is 19.3 Å². The van der Waals surface area contributed by atoms with Crippen LogP contribution in [-0.2, 0) is 9.59 Å². The summed E-state index contributed by atoms with van der Waals surface area (Å²) >= 11 is 0. The molecule has 3 heterocycles. The van der Waals surface area contributed by atoms with Crippen molar-refractivity contribution in [1.82, 2.24) is 35.0 Å². The summed E-state index contributed by atoms with van der Waals surface area (Å²) in [6, 6.07) is -1.16. The van der Waals surface area contributed by atoms with Crippen molar-refractivity contribution in [2.75, 3.05) is 13.6 Å². The number of likely N-dealkylation sites (tertiary alicyclic amines) is 1. The third kappa shape index (κ3) is 4.23. The van der Waals surface area contributed by atoms with Crippen LogP contribution < -0.4 is 5.32 Å². The number of likely N-dealkylation sites (N-methyl/N-ethyl adjacent to an activating group) is 1. The van der Waals surface area contributed by atoms with Crippen LogP contribution in [0.5, 0.6) is 0 Å². The predicted molar refractivity (Wildman–Crippen MR) is 110 cm³/mol. The van der Waals surface area contributed by atoms with Crippen LogP contribution in [0, 0.1) is 5.41 Å². The maximum atomic E-state index is 13.5. The van der Waals surface area contributed by atoms with E-state index >= 15 is 0 Å². The lowest BCUT2D eigenvalue weighted by atomic mass is 9.85. The number of hydrogen-bond donors (Lipinski definition) is 2. The van der Waals surface area contributed by atoms with Gasteiger partial charge in [-0.1, -0.05) is 26.0 Å². The second kappa shape index (κ2) is 8.17. The lowest BCUT2D eigenvalue weighted by Gasteiger charge is -2.34. The SMILES string of the molecule is CNC(=O)[C@@H]1C[C@@H](O)CN1C(=O)[C@@H](n1cc(-c2cnn(C(C)C)c2)nn1)C(C)(C)C. The van der Waals surface area contributed by atoms with E-state index in [1.165, 1.54) is 11.9 Å². The van der Waals surface area contributed by atoms with Crippen LogP contribution in [-0.4, -0.2) is 72.3 Å². The lowest BCUT2D eigenvalue weighted by molar-refractivity contribution is -0.144. The van der Waals surface area contributed by atoms with Gasteiger partial charge in [0.25, 0.3) is 0 Å². The van der Waals surface area contributed by atoms with Gasteiger partial charge in [0.05, 0.1) is 18.5 Å². The Morgan fingerprint density at radius 1 is 1.23 bits per heavy atom. The van der Waals surface area contributed by atoms with Crippen molar-refractivity contribution in [1.29, 1.82) is 0 Å². The van der Waals surface area contributed by atoms with Gasteiger partial charge in [-0.25, -0.2) is 4.68 Å². The molecular formula is C20H31N7O3. The van der Waals surface area contributed by atoms with Crippen molar-refractivity contribution in [3.05, 3.63) is 18.6 Å². The second-order valence-electron chi connectivity index (χ2n) is 9.17. The number of aromatic nitrogens is 5. The van der Waals surface area contributed by atoms with Crippen molar-refractivity contribution in [2.45, 2.75) is 65.3 Å². The van der Waals surface area contributed by atoms with E-state index in [9.17, 15) is 14.7 Å². The number of hydrogen-bond acceptors (Lipinski definition) is 6.